The van der Waals surface area contributed by atoms with Crippen LogP contribution >= 0.6 is 11.6 Å². The van der Waals surface area contributed by atoms with Crippen molar-refractivity contribution in [2.24, 2.45) is 0 Å². The number of carbonyl (C=O) groups excluding carboxylic acids is 2. The molecule has 1 unspecified atom stereocenters. The Bertz CT molecular complexity index is 1540. The van der Waals surface area contributed by atoms with Crippen molar-refractivity contribution in [1.29, 1.82) is 0 Å². The first-order valence-electron chi connectivity index (χ1n) is 12.4. The van der Waals surface area contributed by atoms with Gasteiger partial charge in [0.1, 0.15) is 23.3 Å². The van der Waals surface area contributed by atoms with Gasteiger partial charge in [0.25, 0.3) is 5.91 Å². The SMILES string of the molecule is CC(C)N(C)CC=CC(=O)N1CCC(n2cc(C(=O)Nc3nc4cc(Cl)ccc4o3)c3c(N)ncnc32)C1. The molecule has 1 fully saturated rings. The molecule has 0 bridgehead atoms. The van der Waals surface area contributed by atoms with E-state index in [1.54, 1.807) is 35.4 Å². The smallest absolute Gasteiger partial charge is 0.302 e. The second-order valence-electron chi connectivity index (χ2n) is 9.66. The predicted octanol–water partition coefficient (Wildman–Crippen LogP) is 3.73. The number of benzene rings is 1. The zero-order valence-electron chi connectivity index (χ0n) is 21.4. The number of nitrogens with zero attached hydrogens (tertiary/aromatic N) is 6. The Kier molecular flexibility index (Phi) is 7.04. The number of hydrogen-bond donors (Lipinski definition) is 2. The summed E-state index contributed by atoms with van der Waals surface area (Å²) in [7, 11) is 2.02. The highest BCUT2D eigenvalue weighted by Gasteiger charge is 2.30. The van der Waals surface area contributed by atoms with Crippen molar-refractivity contribution in [2.45, 2.75) is 32.4 Å². The van der Waals surface area contributed by atoms with Gasteiger partial charge in [-0.3, -0.25) is 14.9 Å². The molecule has 1 atom stereocenters. The van der Waals surface area contributed by atoms with Crippen molar-refractivity contribution in [1.82, 2.24) is 29.3 Å². The fraction of sp³-hybridized carbons (Fsp3) is 0.346. The lowest BCUT2D eigenvalue weighted by atomic mass is 10.2. The molecule has 0 saturated carbocycles. The molecule has 1 aliphatic heterocycles. The Morgan fingerprint density at radius 3 is 2.95 bits per heavy atom. The van der Waals surface area contributed by atoms with Crippen LogP contribution in [0.25, 0.3) is 22.1 Å². The Labute approximate surface area is 224 Å². The highest BCUT2D eigenvalue weighted by molar-refractivity contribution is 6.31. The third-order valence-corrected chi connectivity index (χ3v) is 7.09. The molecule has 0 aliphatic carbocycles. The Balaban J connectivity index is 1.36. The molecule has 0 spiro atoms. The molecule has 1 saturated heterocycles. The lowest BCUT2D eigenvalue weighted by molar-refractivity contribution is -0.125. The number of aromatic nitrogens is 4. The maximum Gasteiger partial charge on any atom is 0.302 e. The summed E-state index contributed by atoms with van der Waals surface area (Å²) in [5, 5.41) is 3.64. The number of oxazole rings is 1. The number of fused-ring (bicyclic) bond motifs is 2. The molecule has 3 N–H and O–H groups in total. The second-order valence-corrected chi connectivity index (χ2v) is 10.1. The van der Waals surface area contributed by atoms with E-state index < -0.39 is 5.91 Å². The zero-order chi connectivity index (χ0) is 27.0. The number of nitrogens with two attached hydrogens (primary N) is 1. The topological polar surface area (TPSA) is 135 Å². The van der Waals surface area contributed by atoms with Crippen molar-refractivity contribution in [3.05, 3.63) is 53.5 Å². The molecule has 1 aromatic carbocycles. The van der Waals surface area contributed by atoms with Gasteiger partial charge in [-0.1, -0.05) is 17.7 Å². The average Bonchev–Trinajstić information content (AvgIpc) is 3.60. The van der Waals surface area contributed by atoms with Crippen LogP contribution in [0.5, 0.6) is 0 Å². The van der Waals surface area contributed by atoms with E-state index in [0.29, 0.717) is 64.8 Å². The predicted molar refractivity (Wildman–Crippen MR) is 146 cm³/mol. The molecule has 12 heteroatoms. The molecule has 3 aromatic heterocycles. The molecule has 0 radical (unpaired) electrons. The number of amides is 2. The van der Waals surface area contributed by atoms with Gasteiger partial charge in [0, 0.05) is 43.0 Å². The first kappa shape index (κ1) is 25.7. The number of anilines is 2. The summed E-state index contributed by atoms with van der Waals surface area (Å²) in [4.78, 5) is 42.8. The molecule has 38 heavy (non-hydrogen) atoms. The van der Waals surface area contributed by atoms with E-state index in [9.17, 15) is 9.59 Å². The van der Waals surface area contributed by atoms with E-state index in [2.05, 4.69) is 39.0 Å². The lowest BCUT2D eigenvalue weighted by Gasteiger charge is -2.19. The van der Waals surface area contributed by atoms with Crippen molar-refractivity contribution >= 4 is 57.4 Å². The summed E-state index contributed by atoms with van der Waals surface area (Å²) in [6.45, 7) is 6.00. The van der Waals surface area contributed by atoms with Gasteiger partial charge in [-0.25, -0.2) is 9.97 Å². The summed E-state index contributed by atoms with van der Waals surface area (Å²) in [5.41, 5.74) is 8.02. The maximum atomic E-state index is 13.3. The number of rotatable bonds is 7. The summed E-state index contributed by atoms with van der Waals surface area (Å²) in [6, 6.07) is 5.38. The van der Waals surface area contributed by atoms with Crippen molar-refractivity contribution < 1.29 is 14.0 Å². The number of nitrogen functional groups attached to an aromatic ring is 1. The van der Waals surface area contributed by atoms with Crippen LogP contribution in [0, 0.1) is 0 Å². The molecule has 4 heterocycles. The van der Waals surface area contributed by atoms with E-state index in [1.165, 1.54) is 6.33 Å². The minimum Gasteiger partial charge on any atom is -0.423 e. The molecule has 5 rings (SSSR count). The summed E-state index contributed by atoms with van der Waals surface area (Å²) in [5.74, 6) is -0.313. The van der Waals surface area contributed by atoms with Crippen molar-refractivity contribution in [2.75, 3.05) is 37.7 Å². The third kappa shape index (κ3) is 5.07. The van der Waals surface area contributed by atoms with Crippen LogP contribution in [0.3, 0.4) is 0 Å². The molecular formula is C26H29ClN8O3. The minimum atomic E-state index is -0.462. The number of halogens is 1. The van der Waals surface area contributed by atoms with E-state index >= 15 is 0 Å². The van der Waals surface area contributed by atoms with Gasteiger partial charge in [-0.05, 0) is 45.5 Å². The van der Waals surface area contributed by atoms with Crippen molar-refractivity contribution in [3.63, 3.8) is 0 Å². The number of likely N-dealkylation sites (tertiary alicyclic amines) is 1. The van der Waals surface area contributed by atoms with Crippen LogP contribution in [0.15, 0.2) is 47.3 Å². The summed E-state index contributed by atoms with van der Waals surface area (Å²) < 4.78 is 7.54. The van der Waals surface area contributed by atoms with Gasteiger partial charge in [0.2, 0.25) is 5.91 Å². The average molecular weight is 537 g/mol. The Hall–Kier alpha value is -3.96. The van der Waals surface area contributed by atoms with E-state index in [1.807, 2.05) is 17.7 Å². The summed E-state index contributed by atoms with van der Waals surface area (Å²) >= 11 is 6.03. The highest BCUT2D eigenvalue weighted by atomic mass is 35.5. The van der Waals surface area contributed by atoms with Gasteiger partial charge in [0.15, 0.2) is 5.58 Å². The van der Waals surface area contributed by atoms with Crippen LogP contribution in [0.2, 0.25) is 5.02 Å². The number of hydrogen-bond acceptors (Lipinski definition) is 8. The molecule has 1 aliphatic rings. The number of likely N-dealkylation sites (N-methyl/N-ethyl adjacent to an activating group) is 1. The van der Waals surface area contributed by atoms with Gasteiger partial charge >= 0.3 is 6.01 Å². The van der Waals surface area contributed by atoms with Crippen LogP contribution < -0.4 is 11.1 Å². The zero-order valence-corrected chi connectivity index (χ0v) is 22.1. The largest absolute Gasteiger partial charge is 0.423 e. The molecule has 4 aromatic rings. The van der Waals surface area contributed by atoms with E-state index in [4.69, 9.17) is 21.8 Å². The first-order chi connectivity index (χ1) is 18.2. The normalized spacial score (nSPS) is 16.1. The molecular weight excluding hydrogens is 508 g/mol. The van der Waals surface area contributed by atoms with Gasteiger partial charge in [-0.15, -0.1) is 0 Å². The summed E-state index contributed by atoms with van der Waals surface area (Å²) in [6.07, 6.45) is 7.30. The lowest BCUT2D eigenvalue weighted by Crippen LogP contribution is -2.29. The minimum absolute atomic E-state index is 0.0377. The Morgan fingerprint density at radius 2 is 2.16 bits per heavy atom. The number of nitrogens with one attached hydrogen (secondary N) is 1. The fourth-order valence-electron chi connectivity index (χ4n) is 4.48. The van der Waals surface area contributed by atoms with Crippen LogP contribution in [-0.4, -0.2) is 73.9 Å². The first-order valence-corrected chi connectivity index (χ1v) is 12.7. The van der Waals surface area contributed by atoms with E-state index in [-0.39, 0.29) is 23.8 Å². The fourth-order valence-corrected chi connectivity index (χ4v) is 4.65. The monoisotopic (exact) mass is 536 g/mol. The quantitative estimate of drug-likeness (QED) is 0.341. The molecule has 198 valence electrons. The van der Waals surface area contributed by atoms with Crippen LogP contribution in [0.1, 0.15) is 36.7 Å². The van der Waals surface area contributed by atoms with Crippen molar-refractivity contribution in [3.8, 4) is 0 Å². The molecule has 11 nitrogen and oxygen atoms in total. The van der Waals surface area contributed by atoms with Gasteiger partial charge in [0.05, 0.1) is 17.0 Å². The van der Waals surface area contributed by atoms with Crippen LogP contribution in [-0.2, 0) is 4.79 Å². The standard InChI is InChI=1S/C26H29ClN8O3/c1-15(2)33(3)9-4-5-21(36)34-10-8-17(12-34)35-13-18(22-23(28)29-14-30-24(22)35)25(37)32-26-31-19-11-16(27)6-7-20(19)38-26/h4-7,11,13-15,17H,8-10,12H2,1-3H3,(H2,28,29,30)(H,31,32,37). The Morgan fingerprint density at radius 1 is 1.34 bits per heavy atom. The van der Waals surface area contributed by atoms with E-state index in [0.717, 1.165) is 0 Å². The second kappa shape index (κ2) is 10.4. The number of carbonyl (C=O) groups is 2. The van der Waals surface area contributed by atoms with Crippen LogP contribution in [0.4, 0.5) is 11.8 Å². The molecule has 2 amide bonds. The third-order valence-electron chi connectivity index (χ3n) is 6.86. The van der Waals surface area contributed by atoms with Gasteiger partial charge < -0.3 is 24.5 Å². The van der Waals surface area contributed by atoms with Gasteiger partial charge in [-0.2, -0.15) is 4.98 Å². The highest BCUT2D eigenvalue weighted by Crippen LogP contribution is 2.32. The maximum absolute atomic E-state index is 13.3.